The molecule has 0 radical (unpaired) electrons. The van der Waals surface area contributed by atoms with Gasteiger partial charge in [-0.25, -0.2) is 0 Å². The van der Waals surface area contributed by atoms with Crippen molar-refractivity contribution in [1.82, 2.24) is 4.31 Å². The Morgan fingerprint density at radius 3 is 2.68 bits per heavy atom. The Labute approximate surface area is 124 Å². The normalized spacial score (nSPS) is 11.6. The Kier molecular flexibility index (Phi) is 5.60. The third kappa shape index (κ3) is 4.98. The first-order chi connectivity index (χ1) is 8.72. The molecule has 9 heteroatoms. The SMILES string of the molecule is CN(CCC(=O)O)S(=O)(=O)Nc1ccc(Cl)cc1Br. The van der Waals surface area contributed by atoms with Gasteiger partial charge in [-0.05, 0) is 34.1 Å². The van der Waals surface area contributed by atoms with Gasteiger partial charge in [-0.2, -0.15) is 12.7 Å². The first-order valence-electron chi connectivity index (χ1n) is 5.13. The van der Waals surface area contributed by atoms with E-state index in [0.29, 0.717) is 15.2 Å². The minimum absolute atomic E-state index is 0.115. The molecule has 0 saturated carbocycles. The summed E-state index contributed by atoms with van der Waals surface area (Å²) in [7, 11) is -2.50. The molecule has 0 aromatic heterocycles. The van der Waals surface area contributed by atoms with Crippen LogP contribution in [0.1, 0.15) is 6.42 Å². The van der Waals surface area contributed by atoms with Crippen molar-refractivity contribution >= 4 is 49.4 Å². The summed E-state index contributed by atoms with van der Waals surface area (Å²) in [6, 6.07) is 4.60. The average Bonchev–Trinajstić information content (AvgIpc) is 2.29. The number of benzene rings is 1. The van der Waals surface area contributed by atoms with Crippen molar-refractivity contribution in [3.8, 4) is 0 Å². The van der Waals surface area contributed by atoms with Gasteiger partial charge in [0, 0.05) is 23.1 Å². The number of carboxylic acids is 1. The van der Waals surface area contributed by atoms with E-state index in [0.717, 1.165) is 4.31 Å². The third-order valence-electron chi connectivity index (χ3n) is 2.22. The summed E-state index contributed by atoms with van der Waals surface area (Å²) in [5.74, 6) is -1.06. The minimum Gasteiger partial charge on any atom is -0.481 e. The number of carbonyl (C=O) groups is 1. The van der Waals surface area contributed by atoms with Crippen LogP contribution >= 0.6 is 27.5 Å². The van der Waals surface area contributed by atoms with Crippen molar-refractivity contribution in [2.45, 2.75) is 6.42 Å². The predicted octanol–water partition coefficient (Wildman–Crippen LogP) is 2.17. The van der Waals surface area contributed by atoms with E-state index in [1.54, 1.807) is 12.1 Å². The quantitative estimate of drug-likeness (QED) is 0.802. The summed E-state index contributed by atoms with van der Waals surface area (Å²) < 4.78 is 27.6. The van der Waals surface area contributed by atoms with Crippen molar-refractivity contribution in [3.05, 3.63) is 27.7 Å². The summed E-state index contributed by atoms with van der Waals surface area (Å²) in [5, 5.41) is 9.00. The van der Waals surface area contributed by atoms with Crippen molar-refractivity contribution in [1.29, 1.82) is 0 Å². The molecule has 0 heterocycles. The molecule has 0 aliphatic heterocycles. The fourth-order valence-electron chi connectivity index (χ4n) is 1.16. The van der Waals surface area contributed by atoms with Gasteiger partial charge in [0.1, 0.15) is 0 Å². The number of nitrogens with zero attached hydrogens (tertiary/aromatic N) is 1. The van der Waals surface area contributed by atoms with Crippen molar-refractivity contribution in [2.24, 2.45) is 0 Å². The highest BCUT2D eigenvalue weighted by atomic mass is 79.9. The van der Waals surface area contributed by atoms with Gasteiger partial charge >= 0.3 is 16.2 Å². The second-order valence-electron chi connectivity index (χ2n) is 3.70. The van der Waals surface area contributed by atoms with Crippen molar-refractivity contribution < 1.29 is 18.3 Å². The molecule has 1 rings (SSSR count). The molecule has 0 bridgehead atoms. The van der Waals surface area contributed by atoms with E-state index in [-0.39, 0.29) is 13.0 Å². The Hall–Kier alpha value is -0.830. The number of aliphatic carboxylic acids is 1. The molecule has 1 aromatic carbocycles. The maximum atomic E-state index is 11.9. The maximum Gasteiger partial charge on any atom is 0.304 e. The summed E-state index contributed by atoms with van der Waals surface area (Å²) in [6.45, 7) is -0.115. The average molecular weight is 372 g/mol. The molecule has 19 heavy (non-hydrogen) atoms. The minimum atomic E-state index is -3.80. The Morgan fingerprint density at radius 1 is 1.53 bits per heavy atom. The number of anilines is 1. The lowest BCUT2D eigenvalue weighted by molar-refractivity contribution is -0.137. The Morgan fingerprint density at radius 2 is 2.16 bits per heavy atom. The van der Waals surface area contributed by atoms with E-state index in [2.05, 4.69) is 20.7 Å². The van der Waals surface area contributed by atoms with E-state index in [1.165, 1.54) is 13.1 Å². The molecule has 6 nitrogen and oxygen atoms in total. The van der Waals surface area contributed by atoms with Gasteiger partial charge in [-0.1, -0.05) is 11.6 Å². The molecule has 0 amide bonds. The Bertz CT molecular complexity index is 579. The van der Waals surface area contributed by atoms with Gasteiger partial charge in [-0.15, -0.1) is 0 Å². The monoisotopic (exact) mass is 370 g/mol. The fraction of sp³-hybridized carbons (Fsp3) is 0.300. The van der Waals surface area contributed by atoms with E-state index in [4.69, 9.17) is 16.7 Å². The highest BCUT2D eigenvalue weighted by molar-refractivity contribution is 9.10. The summed E-state index contributed by atoms with van der Waals surface area (Å²) >= 11 is 8.94. The standard InChI is InChI=1S/C10H12BrClN2O4S/c1-14(5-4-10(15)16)19(17,18)13-9-3-2-7(12)6-8(9)11/h2-3,6,13H,4-5H2,1H3,(H,15,16). The van der Waals surface area contributed by atoms with Crippen LogP contribution in [0.3, 0.4) is 0 Å². The zero-order valence-electron chi connectivity index (χ0n) is 9.93. The van der Waals surface area contributed by atoms with Gasteiger partial charge in [0.25, 0.3) is 0 Å². The molecule has 0 atom stereocenters. The van der Waals surface area contributed by atoms with Gasteiger partial charge in [0.05, 0.1) is 12.1 Å². The molecule has 2 N–H and O–H groups in total. The van der Waals surface area contributed by atoms with Crippen molar-refractivity contribution in [3.63, 3.8) is 0 Å². The number of hydrogen-bond acceptors (Lipinski definition) is 3. The van der Waals surface area contributed by atoms with Crippen LogP contribution < -0.4 is 4.72 Å². The number of hydrogen-bond donors (Lipinski definition) is 2. The molecule has 0 aliphatic carbocycles. The highest BCUT2D eigenvalue weighted by Crippen LogP contribution is 2.27. The van der Waals surface area contributed by atoms with E-state index < -0.39 is 16.2 Å². The van der Waals surface area contributed by atoms with Crippen LogP contribution in [0.2, 0.25) is 5.02 Å². The molecular formula is C10H12BrClN2O4S. The number of halogens is 2. The van der Waals surface area contributed by atoms with Gasteiger partial charge in [-0.3, -0.25) is 9.52 Å². The van der Waals surface area contributed by atoms with Crippen LogP contribution in [0.5, 0.6) is 0 Å². The first kappa shape index (κ1) is 16.2. The third-order valence-corrected chi connectivity index (χ3v) is 4.59. The molecular weight excluding hydrogens is 360 g/mol. The highest BCUT2D eigenvalue weighted by Gasteiger charge is 2.19. The number of rotatable bonds is 6. The lowest BCUT2D eigenvalue weighted by atomic mass is 10.3. The van der Waals surface area contributed by atoms with Crippen LogP contribution in [-0.2, 0) is 15.0 Å². The number of nitrogens with one attached hydrogen (secondary N) is 1. The molecule has 0 fully saturated rings. The Balaban J connectivity index is 2.81. The summed E-state index contributed by atoms with van der Waals surface area (Å²) in [4.78, 5) is 10.4. The van der Waals surface area contributed by atoms with Crippen LogP contribution in [0.25, 0.3) is 0 Å². The molecule has 0 saturated heterocycles. The van der Waals surface area contributed by atoms with Crippen LogP contribution in [0.15, 0.2) is 22.7 Å². The lowest BCUT2D eigenvalue weighted by Gasteiger charge is -2.18. The molecule has 106 valence electrons. The van der Waals surface area contributed by atoms with Gasteiger partial charge in [0.2, 0.25) is 0 Å². The summed E-state index contributed by atoms with van der Waals surface area (Å²) in [5.41, 5.74) is 0.326. The lowest BCUT2D eigenvalue weighted by Crippen LogP contribution is -2.34. The zero-order chi connectivity index (χ0) is 14.6. The first-order valence-corrected chi connectivity index (χ1v) is 7.74. The summed E-state index contributed by atoms with van der Waals surface area (Å²) in [6.07, 6.45) is -0.265. The van der Waals surface area contributed by atoms with Gasteiger partial charge < -0.3 is 5.11 Å². The smallest absolute Gasteiger partial charge is 0.304 e. The van der Waals surface area contributed by atoms with E-state index >= 15 is 0 Å². The maximum absolute atomic E-state index is 11.9. The molecule has 0 spiro atoms. The fourth-order valence-corrected chi connectivity index (χ4v) is 3.02. The largest absolute Gasteiger partial charge is 0.481 e. The van der Waals surface area contributed by atoms with Crippen molar-refractivity contribution in [2.75, 3.05) is 18.3 Å². The van der Waals surface area contributed by atoms with Crippen LogP contribution in [0, 0.1) is 0 Å². The number of carboxylic acid groups (broad SMARTS) is 1. The zero-order valence-corrected chi connectivity index (χ0v) is 13.1. The molecule has 0 unspecified atom stereocenters. The van der Waals surface area contributed by atoms with Crippen LogP contribution in [0.4, 0.5) is 5.69 Å². The molecule has 0 aliphatic rings. The van der Waals surface area contributed by atoms with Gasteiger partial charge in [0.15, 0.2) is 0 Å². The second kappa shape index (κ2) is 6.56. The molecule has 1 aromatic rings. The van der Waals surface area contributed by atoms with E-state index in [1.807, 2.05) is 0 Å². The van der Waals surface area contributed by atoms with E-state index in [9.17, 15) is 13.2 Å². The predicted molar refractivity (Wildman–Crippen MR) is 76.6 cm³/mol. The van der Waals surface area contributed by atoms with Crippen LogP contribution in [-0.4, -0.2) is 37.4 Å². The topological polar surface area (TPSA) is 86.7 Å². The second-order valence-corrected chi connectivity index (χ2v) is 6.76.